The van der Waals surface area contributed by atoms with Crippen molar-refractivity contribution in [1.82, 2.24) is 14.8 Å². The van der Waals surface area contributed by atoms with E-state index in [4.69, 9.17) is 0 Å². The minimum Gasteiger partial charge on any atom is -0.465 e. The fraction of sp³-hybridized carbons (Fsp3) is 0.0909. The number of amides is 2. The third-order valence-corrected chi connectivity index (χ3v) is 9.24. The van der Waals surface area contributed by atoms with Crippen molar-refractivity contribution in [3.63, 3.8) is 0 Å². The molecule has 0 atom stereocenters. The summed E-state index contributed by atoms with van der Waals surface area (Å²) in [6.07, 6.45) is 2.01. The molecule has 2 amide bonds. The Bertz CT molecular complexity index is 2200. The lowest BCUT2D eigenvalue weighted by Gasteiger charge is -2.37. The second-order valence-electron chi connectivity index (χ2n) is 12.6. The van der Waals surface area contributed by atoms with Crippen molar-refractivity contribution in [3.05, 3.63) is 198 Å². The van der Waals surface area contributed by atoms with Gasteiger partial charge >= 0.3 is 6.09 Å². The van der Waals surface area contributed by atoms with Crippen molar-refractivity contribution in [3.8, 4) is 11.1 Å². The number of pyridine rings is 1. The summed E-state index contributed by atoms with van der Waals surface area (Å²) in [5, 5.41) is 21.6. The summed E-state index contributed by atoms with van der Waals surface area (Å²) in [6.45, 7) is 2.33. The highest BCUT2D eigenvalue weighted by atomic mass is 16.4. The zero-order valence-corrected chi connectivity index (χ0v) is 29.1. The van der Waals surface area contributed by atoms with E-state index >= 15 is 0 Å². The molecule has 0 saturated heterocycles. The summed E-state index contributed by atoms with van der Waals surface area (Å²) in [7, 11) is 0. The number of carbonyl (C=O) groups is 2. The lowest BCUT2D eigenvalue weighted by Crippen LogP contribution is -2.39. The molecule has 0 radical (unpaired) electrons. The number of carboxylic acid groups (broad SMARTS) is 1. The number of benzene rings is 5. The van der Waals surface area contributed by atoms with E-state index in [1.807, 2.05) is 110 Å². The van der Waals surface area contributed by atoms with Gasteiger partial charge in [-0.2, -0.15) is 5.10 Å². The molecule has 0 saturated carbocycles. The van der Waals surface area contributed by atoms with E-state index in [-0.39, 0.29) is 24.8 Å². The van der Waals surface area contributed by atoms with E-state index in [0.717, 1.165) is 33.4 Å². The second kappa shape index (κ2) is 15.5. The maximum absolute atomic E-state index is 13.4. The summed E-state index contributed by atoms with van der Waals surface area (Å²) in [6, 6.07) is 51.3. The monoisotopic (exact) mass is 698 g/mol. The van der Waals surface area contributed by atoms with Gasteiger partial charge in [0.05, 0.1) is 31.2 Å². The number of aryl methyl sites for hydroxylation is 1. The van der Waals surface area contributed by atoms with Crippen LogP contribution in [-0.2, 0) is 12.1 Å². The number of hydrogen-bond donors (Lipinski definition) is 3. The quantitative estimate of drug-likeness (QED) is 0.110. The van der Waals surface area contributed by atoms with Gasteiger partial charge in [0.25, 0.3) is 5.91 Å². The van der Waals surface area contributed by atoms with Crippen molar-refractivity contribution in [1.29, 1.82) is 0 Å². The Hall–Kier alpha value is -7.00. The molecule has 5 aromatic carbocycles. The summed E-state index contributed by atoms with van der Waals surface area (Å²) in [4.78, 5) is 31.5. The van der Waals surface area contributed by atoms with Crippen molar-refractivity contribution in [2.75, 3.05) is 22.1 Å². The van der Waals surface area contributed by atoms with Gasteiger partial charge in [-0.05, 0) is 52.9 Å². The number of aromatic nitrogens is 3. The maximum atomic E-state index is 13.4. The molecule has 0 spiro atoms. The van der Waals surface area contributed by atoms with E-state index in [9.17, 15) is 14.7 Å². The molecule has 0 bridgehead atoms. The first-order chi connectivity index (χ1) is 25.9. The largest absolute Gasteiger partial charge is 0.465 e. The number of rotatable bonds is 12. The van der Waals surface area contributed by atoms with Crippen LogP contribution in [0, 0.1) is 6.92 Å². The highest BCUT2D eigenvalue weighted by Crippen LogP contribution is 2.40. The topological polar surface area (TPSA) is 112 Å². The van der Waals surface area contributed by atoms with Crippen LogP contribution >= 0.6 is 0 Å². The van der Waals surface area contributed by atoms with Gasteiger partial charge in [-0.15, -0.1) is 0 Å². The predicted molar refractivity (Wildman–Crippen MR) is 209 cm³/mol. The third-order valence-electron chi connectivity index (χ3n) is 9.24. The van der Waals surface area contributed by atoms with Crippen molar-refractivity contribution < 1.29 is 14.7 Å². The van der Waals surface area contributed by atoms with Crippen LogP contribution in [0.2, 0.25) is 0 Å². The first kappa shape index (κ1) is 34.4. The molecule has 0 aliphatic rings. The van der Waals surface area contributed by atoms with Gasteiger partial charge in [0.1, 0.15) is 17.2 Å². The van der Waals surface area contributed by atoms with Crippen LogP contribution in [-0.4, -0.2) is 38.4 Å². The average Bonchev–Trinajstić information content (AvgIpc) is 3.65. The van der Waals surface area contributed by atoms with Crippen LogP contribution in [0.15, 0.2) is 170 Å². The maximum Gasteiger partial charge on any atom is 0.413 e. The smallest absolute Gasteiger partial charge is 0.413 e. The van der Waals surface area contributed by atoms with E-state index in [1.54, 1.807) is 29.1 Å². The fourth-order valence-electron chi connectivity index (χ4n) is 6.58. The average molecular weight is 699 g/mol. The lowest BCUT2D eigenvalue weighted by atomic mass is 9.77. The van der Waals surface area contributed by atoms with Crippen molar-refractivity contribution >= 4 is 29.3 Å². The van der Waals surface area contributed by atoms with E-state index in [1.165, 1.54) is 11.1 Å². The molecule has 9 nitrogen and oxygen atoms in total. The Morgan fingerprint density at radius 2 is 1.30 bits per heavy atom. The molecule has 9 heteroatoms. The Balaban J connectivity index is 1.11. The highest BCUT2D eigenvalue weighted by molar-refractivity contribution is 6.08. The molecule has 2 aromatic heterocycles. The lowest BCUT2D eigenvalue weighted by molar-refractivity contribution is 0.102. The molecule has 0 unspecified atom stereocenters. The van der Waals surface area contributed by atoms with Gasteiger partial charge in [0.15, 0.2) is 0 Å². The zero-order chi connectivity index (χ0) is 36.6. The minimum atomic E-state index is -1.16. The number of hydrogen-bond acceptors (Lipinski definition) is 5. The van der Waals surface area contributed by atoms with Crippen LogP contribution in [0.3, 0.4) is 0 Å². The SMILES string of the molecule is Cc1ccc(-c2ccccc2C(=O)Nc2ccc(N(CCn3nccc3NC(c3ccccc3)(c3ccccc3)c3ccccc3)C(=O)O)nc2)cc1. The van der Waals surface area contributed by atoms with E-state index in [0.29, 0.717) is 17.1 Å². The molecule has 7 rings (SSSR count). The number of carbonyl (C=O) groups excluding carboxylic acids is 1. The van der Waals surface area contributed by atoms with Crippen LogP contribution < -0.4 is 15.5 Å². The van der Waals surface area contributed by atoms with E-state index < -0.39 is 11.6 Å². The first-order valence-corrected chi connectivity index (χ1v) is 17.3. The summed E-state index contributed by atoms with van der Waals surface area (Å²) < 4.78 is 1.76. The van der Waals surface area contributed by atoms with Crippen molar-refractivity contribution in [2.24, 2.45) is 0 Å². The standard InChI is InChI=1S/C44H38N6O3/c1-32-21-23-33(24-22-32)38-19-11-12-20-39(38)42(51)47-37-25-26-40(45-31-37)49(43(52)53)29-30-50-41(27-28-46-50)48-44(34-13-5-2-6-14-34,35-15-7-3-8-16-35)36-17-9-4-10-18-36/h2-28,31,48H,29-30H2,1H3,(H,47,51)(H,52,53). The predicted octanol–water partition coefficient (Wildman–Crippen LogP) is 9.09. The molecule has 7 aromatic rings. The highest BCUT2D eigenvalue weighted by Gasteiger charge is 2.37. The molecular weight excluding hydrogens is 661 g/mol. The number of anilines is 3. The molecule has 2 heterocycles. The zero-order valence-electron chi connectivity index (χ0n) is 29.1. The van der Waals surface area contributed by atoms with Gasteiger partial charge in [-0.1, -0.05) is 139 Å². The Kier molecular flexibility index (Phi) is 10.1. The molecule has 53 heavy (non-hydrogen) atoms. The summed E-state index contributed by atoms with van der Waals surface area (Å²) in [5.41, 5.74) is 6.17. The van der Waals surface area contributed by atoms with E-state index in [2.05, 4.69) is 57.1 Å². The second-order valence-corrected chi connectivity index (χ2v) is 12.6. The Morgan fingerprint density at radius 3 is 1.87 bits per heavy atom. The summed E-state index contributed by atoms with van der Waals surface area (Å²) >= 11 is 0. The van der Waals surface area contributed by atoms with Crippen LogP contribution in [0.4, 0.5) is 22.1 Å². The normalized spacial score (nSPS) is 11.1. The molecule has 0 fully saturated rings. The number of nitrogens with zero attached hydrogens (tertiary/aromatic N) is 4. The molecule has 3 N–H and O–H groups in total. The van der Waals surface area contributed by atoms with Crippen LogP contribution in [0.5, 0.6) is 0 Å². The van der Waals surface area contributed by atoms with Gasteiger partial charge in [-0.25, -0.2) is 14.5 Å². The van der Waals surface area contributed by atoms with Crippen molar-refractivity contribution in [2.45, 2.75) is 19.0 Å². The molecule has 262 valence electrons. The van der Waals surface area contributed by atoms with Gasteiger partial charge < -0.3 is 15.7 Å². The molecular formula is C44H38N6O3. The minimum absolute atomic E-state index is 0.0728. The van der Waals surface area contributed by atoms with Crippen LogP contribution in [0.25, 0.3) is 11.1 Å². The first-order valence-electron chi connectivity index (χ1n) is 17.3. The number of nitrogens with one attached hydrogen (secondary N) is 2. The summed E-state index contributed by atoms with van der Waals surface area (Å²) in [5.74, 6) is 0.648. The van der Waals surface area contributed by atoms with Crippen LogP contribution in [0.1, 0.15) is 32.6 Å². The Labute approximate surface area is 308 Å². The van der Waals surface area contributed by atoms with Gasteiger partial charge in [-0.3, -0.25) is 9.69 Å². The van der Waals surface area contributed by atoms with Gasteiger partial charge in [0.2, 0.25) is 0 Å². The van der Waals surface area contributed by atoms with Gasteiger partial charge in [0, 0.05) is 11.6 Å². The third kappa shape index (κ3) is 7.41. The molecule has 0 aliphatic carbocycles. The fourth-order valence-corrected chi connectivity index (χ4v) is 6.58. The Morgan fingerprint density at radius 1 is 0.717 bits per heavy atom. The molecule has 0 aliphatic heterocycles.